The van der Waals surface area contributed by atoms with E-state index < -0.39 is 54.1 Å². The zero-order valence-electron chi connectivity index (χ0n) is 26.4. The Morgan fingerprint density at radius 1 is 1.00 bits per heavy atom. The van der Waals surface area contributed by atoms with Gasteiger partial charge in [-0.2, -0.15) is 0 Å². The summed E-state index contributed by atoms with van der Waals surface area (Å²) in [5.74, 6) is -2.43. The van der Waals surface area contributed by atoms with E-state index in [-0.39, 0.29) is 42.8 Å². The average Bonchev–Trinajstić information content (AvgIpc) is 3.16. The number of carboxylic acids is 1. The van der Waals surface area contributed by atoms with Gasteiger partial charge in [-0.15, -0.1) is 0 Å². The molecule has 10 nitrogen and oxygen atoms in total. The van der Waals surface area contributed by atoms with E-state index in [2.05, 4.69) is 26.8 Å². The molecule has 0 aliphatic carbocycles. The Morgan fingerprint density at radius 2 is 1.57 bits per heavy atom. The van der Waals surface area contributed by atoms with Crippen molar-refractivity contribution in [3.8, 4) is 0 Å². The van der Waals surface area contributed by atoms with Crippen LogP contribution in [0.15, 0.2) is 83.7 Å². The number of allylic oxidation sites excluding steroid dienone is 11. The van der Waals surface area contributed by atoms with Crippen LogP contribution in [-0.2, 0) is 23.9 Å². The summed E-state index contributed by atoms with van der Waals surface area (Å²) >= 11 is 0. The van der Waals surface area contributed by atoms with Gasteiger partial charge >= 0.3 is 5.97 Å². The maximum atomic E-state index is 12.5. The second-order valence-corrected chi connectivity index (χ2v) is 11.5. The van der Waals surface area contributed by atoms with Gasteiger partial charge in [0.05, 0.1) is 24.4 Å². The third-order valence-electron chi connectivity index (χ3n) is 7.52. The van der Waals surface area contributed by atoms with Crippen molar-refractivity contribution in [2.75, 3.05) is 7.05 Å². The van der Waals surface area contributed by atoms with E-state index in [0.717, 1.165) is 10.5 Å². The van der Waals surface area contributed by atoms with Crippen LogP contribution in [0.5, 0.6) is 0 Å². The topological polar surface area (TPSA) is 154 Å². The third kappa shape index (κ3) is 10.9. The summed E-state index contributed by atoms with van der Waals surface area (Å²) in [6.45, 7) is 9.97. The van der Waals surface area contributed by atoms with Crippen molar-refractivity contribution >= 4 is 17.7 Å². The number of hydrogen-bond acceptors (Lipinski definition) is 8. The Morgan fingerprint density at radius 3 is 2.11 bits per heavy atom. The summed E-state index contributed by atoms with van der Waals surface area (Å²) in [6, 6.07) is -0.894. The number of hydrogen-bond donors (Lipinski definition) is 4. The molecule has 0 aromatic carbocycles. The first-order valence-corrected chi connectivity index (χ1v) is 14.9. The highest BCUT2D eigenvalue weighted by Gasteiger charge is 2.42. The lowest BCUT2D eigenvalue weighted by molar-refractivity contribution is -0.267. The number of amides is 1. The predicted octanol–water partition coefficient (Wildman–Crippen LogP) is 4.33. The maximum absolute atomic E-state index is 12.5. The number of ether oxygens (including phenoxy) is 2. The molecule has 4 N–H and O–H groups in total. The quantitative estimate of drug-likeness (QED) is 0.0970. The van der Waals surface area contributed by atoms with Crippen molar-refractivity contribution in [2.24, 2.45) is 11.8 Å². The van der Waals surface area contributed by atoms with Crippen LogP contribution in [0.25, 0.3) is 0 Å². The van der Waals surface area contributed by atoms with Crippen LogP contribution in [0.2, 0.25) is 0 Å². The lowest BCUT2D eigenvalue weighted by Gasteiger charge is -2.38. The van der Waals surface area contributed by atoms with Crippen molar-refractivity contribution in [2.45, 2.75) is 90.6 Å². The van der Waals surface area contributed by atoms with E-state index in [0.29, 0.717) is 0 Å². The molecule has 0 spiro atoms. The zero-order chi connectivity index (χ0) is 33.0. The zero-order valence-corrected chi connectivity index (χ0v) is 26.4. The second-order valence-electron chi connectivity index (χ2n) is 11.5. The van der Waals surface area contributed by atoms with Gasteiger partial charge in [0.25, 0.3) is 5.91 Å². The van der Waals surface area contributed by atoms with Gasteiger partial charge in [-0.25, -0.2) is 0 Å². The third-order valence-corrected chi connectivity index (χ3v) is 7.52. The Hall–Kier alpha value is -3.57. The van der Waals surface area contributed by atoms with Crippen molar-refractivity contribution in [1.29, 1.82) is 0 Å². The van der Waals surface area contributed by atoms with Crippen molar-refractivity contribution < 1.29 is 44.3 Å². The van der Waals surface area contributed by atoms with E-state index in [9.17, 15) is 29.7 Å². The minimum absolute atomic E-state index is 0.0119. The molecule has 0 radical (unpaired) electrons. The number of likely N-dealkylation sites (tertiary alicyclic amines) is 1. The normalized spacial score (nSPS) is 28.2. The van der Waals surface area contributed by atoms with Gasteiger partial charge in [-0.1, -0.05) is 87.1 Å². The summed E-state index contributed by atoms with van der Waals surface area (Å²) in [4.78, 5) is 36.9. The molecular formula is C34H47NO9. The summed E-state index contributed by atoms with van der Waals surface area (Å²) in [5.41, 5.74) is 0.726. The van der Waals surface area contributed by atoms with E-state index in [1.807, 2.05) is 37.3 Å². The smallest absolute Gasteiger partial charge is 0.303 e. The van der Waals surface area contributed by atoms with Crippen molar-refractivity contribution in [1.82, 2.24) is 4.90 Å². The van der Waals surface area contributed by atoms with E-state index in [1.165, 1.54) is 19.2 Å². The summed E-state index contributed by atoms with van der Waals surface area (Å²) in [6.07, 6.45) is 16.4. The van der Waals surface area contributed by atoms with Gasteiger partial charge in [0, 0.05) is 25.8 Å². The van der Waals surface area contributed by atoms with Crippen LogP contribution in [0.4, 0.5) is 0 Å². The average molecular weight is 614 g/mol. The van der Waals surface area contributed by atoms with Crippen LogP contribution < -0.4 is 0 Å². The molecule has 0 aromatic rings. The first-order chi connectivity index (χ1) is 20.7. The highest BCUT2D eigenvalue weighted by atomic mass is 16.7. The van der Waals surface area contributed by atoms with E-state index in [1.54, 1.807) is 25.2 Å². The Bertz CT molecular complexity index is 1210. The number of carbonyl (C=O) groups is 3. The number of aliphatic hydroxyl groups excluding tert-OH is 3. The van der Waals surface area contributed by atoms with E-state index >= 15 is 0 Å². The Kier molecular flexibility index (Phi) is 14.7. The number of carbonyl (C=O) groups excluding carboxylic acids is 2. The molecule has 2 heterocycles. The minimum Gasteiger partial charge on any atom is -0.507 e. The highest BCUT2D eigenvalue weighted by Crippen LogP contribution is 2.28. The molecule has 2 aliphatic rings. The fraction of sp³-hybridized carbons (Fsp3) is 0.500. The molecular weight excluding hydrogens is 566 g/mol. The van der Waals surface area contributed by atoms with Crippen LogP contribution in [0.3, 0.4) is 0 Å². The monoisotopic (exact) mass is 613 g/mol. The number of aliphatic carboxylic acids is 1. The largest absolute Gasteiger partial charge is 0.507 e. The van der Waals surface area contributed by atoms with Crippen molar-refractivity contribution in [3.63, 3.8) is 0 Å². The summed E-state index contributed by atoms with van der Waals surface area (Å²) in [5, 5.41) is 39.1. The molecule has 1 amide bonds. The summed E-state index contributed by atoms with van der Waals surface area (Å²) in [7, 11) is 1.41. The highest BCUT2D eigenvalue weighted by molar-refractivity contribution is 6.27. The molecule has 242 valence electrons. The molecule has 0 unspecified atom stereocenters. The number of ketones is 1. The number of carboxylic acid groups (broad SMARTS) is 1. The van der Waals surface area contributed by atoms with Gasteiger partial charge in [-0.05, 0) is 32.3 Å². The summed E-state index contributed by atoms with van der Waals surface area (Å²) < 4.78 is 12.0. The number of aliphatic hydroxyl groups is 3. The molecule has 2 rings (SSSR count). The van der Waals surface area contributed by atoms with Crippen LogP contribution >= 0.6 is 0 Å². The Labute approximate surface area is 260 Å². The minimum atomic E-state index is -1.06. The molecule has 0 aromatic heterocycles. The molecule has 2 fully saturated rings. The van der Waals surface area contributed by atoms with Gasteiger partial charge in [0.15, 0.2) is 12.1 Å². The van der Waals surface area contributed by atoms with Crippen molar-refractivity contribution in [3.05, 3.63) is 83.7 Å². The lowest BCUT2D eigenvalue weighted by atomic mass is 9.92. The van der Waals surface area contributed by atoms with Crippen LogP contribution in [0, 0.1) is 11.8 Å². The van der Waals surface area contributed by atoms with Gasteiger partial charge in [0.1, 0.15) is 17.4 Å². The van der Waals surface area contributed by atoms with E-state index in [4.69, 9.17) is 14.6 Å². The van der Waals surface area contributed by atoms with Crippen LogP contribution in [-0.4, -0.2) is 86.8 Å². The number of likely N-dealkylation sites (N-methyl/N-ethyl adjacent to an activating group) is 1. The number of rotatable bonds is 14. The van der Waals surface area contributed by atoms with Gasteiger partial charge in [0.2, 0.25) is 0 Å². The van der Waals surface area contributed by atoms with Crippen LogP contribution in [0.1, 0.15) is 53.9 Å². The fourth-order valence-electron chi connectivity index (χ4n) is 5.15. The molecule has 7 atom stereocenters. The van der Waals surface area contributed by atoms with Gasteiger partial charge in [-0.3, -0.25) is 14.4 Å². The van der Waals surface area contributed by atoms with Gasteiger partial charge < -0.3 is 34.8 Å². The number of nitrogens with zero attached hydrogens (tertiary/aromatic N) is 1. The molecule has 10 heteroatoms. The first-order valence-electron chi connectivity index (χ1n) is 14.9. The first kappa shape index (κ1) is 36.6. The lowest BCUT2D eigenvalue weighted by Crippen LogP contribution is -2.49. The second kappa shape index (κ2) is 17.7. The number of Topliss-reactive ketones (excluding diaryl/α,β-unsaturated/α-hetero) is 1. The predicted molar refractivity (Wildman–Crippen MR) is 167 cm³/mol. The fourth-order valence-corrected chi connectivity index (χ4v) is 5.15. The molecule has 44 heavy (non-hydrogen) atoms. The SMILES string of the molecule is CC(/C=C\C=C/C=C\C=C/C=C\C(O)=C1C(=O)[C@H](CCC(=O)O)N(C)C1=O)=C/[C@H](C)[C@@H](O[C@H]1C[C@@H](O)[C@@H](O)[C@@H](C)O1)C(C)C. The molecule has 0 saturated carbocycles. The molecule has 2 aliphatic heterocycles. The standard InChI is InChI=1S/C34H47NO9/c1-21(2)33(44-29-20-27(37)31(40)24(5)43-29)23(4)19-22(3)15-13-11-9-7-8-10-12-14-16-26(36)30-32(41)25(17-18-28(38)39)35(6)34(30)42/h7-16,19,21,23-25,27,29,31,33,36-37,40H,17-18,20H2,1-6H3,(H,38,39)/b8-7-,11-9-,12-10-,15-13-,16-14-,22-19-,30-26?/t23-,24+,25-,27+,29-,31-,33-/m0/s1. The maximum Gasteiger partial charge on any atom is 0.303 e. The Balaban J connectivity index is 1.87. The molecule has 2 saturated heterocycles. The molecule has 0 bridgehead atoms.